The molecule has 0 aromatic heterocycles. The Kier molecular flexibility index (Phi) is 20.3. The summed E-state index contributed by atoms with van der Waals surface area (Å²) in [5.74, 6) is -0.104. The lowest BCUT2D eigenvalue weighted by Crippen LogP contribution is -2.39. The predicted molar refractivity (Wildman–Crippen MR) is 111 cm³/mol. The maximum Gasteiger partial charge on any atom is 0.407 e. The molecule has 9 nitrogen and oxygen atoms in total. The summed E-state index contributed by atoms with van der Waals surface area (Å²) in [5.41, 5.74) is 0. The van der Waals surface area contributed by atoms with Gasteiger partial charge in [-0.1, -0.05) is 26.7 Å². The minimum absolute atomic E-state index is 0. The van der Waals surface area contributed by atoms with Gasteiger partial charge in [0, 0.05) is 46.2 Å². The predicted octanol–water partition coefficient (Wildman–Crippen LogP) is 1.90. The Morgan fingerprint density at radius 1 is 0.750 bits per heavy atom. The van der Waals surface area contributed by atoms with Gasteiger partial charge in [-0.3, -0.25) is 9.69 Å². The minimum atomic E-state index is -0.434. The van der Waals surface area contributed by atoms with Gasteiger partial charge >= 0.3 is 12.2 Å². The van der Waals surface area contributed by atoms with Crippen molar-refractivity contribution in [3.05, 3.63) is 0 Å². The number of alkyl carbamates (subject to hydrolysis) is 2. The van der Waals surface area contributed by atoms with Gasteiger partial charge in [-0.15, -0.1) is 12.4 Å². The Morgan fingerprint density at radius 2 is 1.21 bits per heavy atom. The number of carbonyl (C=O) groups is 3. The Bertz CT molecular complexity index is 399. The number of ether oxygens (including phenoxy) is 2. The van der Waals surface area contributed by atoms with Crippen LogP contribution in [0.4, 0.5) is 9.59 Å². The Hall–Kier alpha value is -1.74. The van der Waals surface area contributed by atoms with E-state index in [2.05, 4.69) is 16.0 Å². The summed E-state index contributed by atoms with van der Waals surface area (Å²) >= 11 is 0. The molecule has 0 aliphatic carbocycles. The summed E-state index contributed by atoms with van der Waals surface area (Å²) in [7, 11) is 0. The quantitative estimate of drug-likeness (QED) is 0.346. The maximum atomic E-state index is 11.5. The summed E-state index contributed by atoms with van der Waals surface area (Å²) in [5, 5.41) is 8.09. The largest absolute Gasteiger partial charge is 0.448 e. The molecule has 0 atom stereocenters. The molecule has 0 aromatic rings. The van der Waals surface area contributed by atoms with Crippen molar-refractivity contribution in [2.75, 3.05) is 52.5 Å². The van der Waals surface area contributed by atoms with Crippen molar-refractivity contribution in [2.45, 2.75) is 46.5 Å². The maximum absolute atomic E-state index is 11.5. The number of hydrogen-bond donors (Lipinski definition) is 3. The molecule has 0 spiro atoms. The van der Waals surface area contributed by atoms with E-state index < -0.39 is 12.2 Å². The van der Waals surface area contributed by atoms with E-state index >= 15 is 0 Å². The van der Waals surface area contributed by atoms with Crippen LogP contribution in [0.25, 0.3) is 0 Å². The molecular formula is C18H37ClN4O5. The summed E-state index contributed by atoms with van der Waals surface area (Å²) in [6.07, 6.45) is 2.96. The molecule has 0 saturated carbocycles. The van der Waals surface area contributed by atoms with Gasteiger partial charge in [-0.05, 0) is 12.8 Å². The van der Waals surface area contributed by atoms with Crippen LogP contribution in [-0.4, -0.2) is 75.5 Å². The van der Waals surface area contributed by atoms with Gasteiger partial charge in [-0.25, -0.2) is 9.59 Å². The van der Waals surface area contributed by atoms with Crippen LogP contribution in [0.15, 0.2) is 0 Å². The normalized spacial score (nSPS) is 10.0. The van der Waals surface area contributed by atoms with Crippen molar-refractivity contribution < 1.29 is 23.9 Å². The molecule has 0 radical (unpaired) electrons. The lowest BCUT2D eigenvalue weighted by atomic mass is 10.3. The average molecular weight is 425 g/mol. The van der Waals surface area contributed by atoms with Crippen LogP contribution in [0, 0.1) is 0 Å². The second-order valence-electron chi connectivity index (χ2n) is 6.16. The zero-order valence-corrected chi connectivity index (χ0v) is 18.2. The lowest BCUT2D eigenvalue weighted by Gasteiger charge is -2.22. The number of amides is 3. The minimum Gasteiger partial charge on any atom is -0.448 e. The number of nitrogens with one attached hydrogen (secondary N) is 3. The van der Waals surface area contributed by atoms with Crippen LogP contribution in [0.3, 0.4) is 0 Å². The lowest BCUT2D eigenvalue weighted by molar-refractivity contribution is -0.119. The highest BCUT2D eigenvalue weighted by Gasteiger charge is 2.09. The van der Waals surface area contributed by atoms with E-state index in [0.717, 1.165) is 25.7 Å². The third kappa shape index (κ3) is 19.0. The van der Waals surface area contributed by atoms with Crippen LogP contribution >= 0.6 is 12.4 Å². The van der Waals surface area contributed by atoms with E-state index in [-0.39, 0.29) is 31.5 Å². The Labute approximate surface area is 174 Å². The molecule has 3 amide bonds. The summed E-state index contributed by atoms with van der Waals surface area (Å²) in [6, 6.07) is 0. The highest BCUT2D eigenvalue weighted by Crippen LogP contribution is 1.92. The second-order valence-corrected chi connectivity index (χ2v) is 6.16. The average Bonchev–Trinajstić information content (AvgIpc) is 2.61. The van der Waals surface area contributed by atoms with E-state index in [1.165, 1.54) is 6.92 Å². The molecule has 28 heavy (non-hydrogen) atoms. The van der Waals surface area contributed by atoms with Crippen molar-refractivity contribution in [1.82, 2.24) is 20.9 Å². The van der Waals surface area contributed by atoms with Gasteiger partial charge < -0.3 is 25.4 Å². The summed E-state index contributed by atoms with van der Waals surface area (Å²) < 4.78 is 10.3. The van der Waals surface area contributed by atoms with Gasteiger partial charge in [0.15, 0.2) is 0 Å². The van der Waals surface area contributed by atoms with Crippen LogP contribution < -0.4 is 16.0 Å². The fraction of sp³-hybridized carbons (Fsp3) is 0.833. The summed E-state index contributed by atoms with van der Waals surface area (Å²) in [4.78, 5) is 36.1. The van der Waals surface area contributed by atoms with E-state index in [4.69, 9.17) is 9.47 Å². The van der Waals surface area contributed by atoms with Crippen molar-refractivity contribution in [1.29, 1.82) is 0 Å². The van der Waals surface area contributed by atoms with E-state index in [9.17, 15) is 14.4 Å². The highest BCUT2D eigenvalue weighted by atomic mass is 35.5. The second kappa shape index (κ2) is 20.0. The first-order valence-corrected chi connectivity index (χ1v) is 9.77. The molecule has 166 valence electrons. The van der Waals surface area contributed by atoms with E-state index in [1.807, 2.05) is 18.7 Å². The third-order valence-corrected chi connectivity index (χ3v) is 3.68. The van der Waals surface area contributed by atoms with Crippen LogP contribution in [-0.2, 0) is 14.3 Å². The van der Waals surface area contributed by atoms with Crippen LogP contribution in [0.1, 0.15) is 46.5 Å². The molecule has 0 aromatic carbocycles. The molecule has 10 heteroatoms. The molecule has 0 aliphatic heterocycles. The first-order valence-electron chi connectivity index (χ1n) is 9.77. The molecular weight excluding hydrogens is 388 g/mol. The number of halogens is 1. The zero-order chi connectivity index (χ0) is 20.3. The standard InChI is InChI=1S/C18H36N4O5.ClH/c1-4-6-8-20-17(24)26-14-12-22(11-10-19-16(3)23)13-15-27-18(25)21-9-7-5-2;/h4-15H2,1-3H3,(H,19,23)(H,20,24)(H,21,25);1H. The Morgan fingerprint density at radius 3 is 1.61 bits per heavy atom. The van der Waals surface area contributed by atoms with E-state index in [1.54, 1.807) is 0 Å². The molecule has 0 heterocycles. The van der Waals surface area contributed by atoms with Crippen molar-refractivity contribution in [2.24, 2.45) is 0 Å². The van der Waals surface area contributed by atoms with Gasteiger partial charge in [0.25, 0.3) is 0 Å². The molecule has 0 bridgehead atoms. The zero-order valence-electron chi connectivity index (χ0n) is 17.4. The van der Waals surface area contributed by atoms with Crippen molar-refractivity contribution in [3.63, 3.8) is 0 Å². The van der Waals surface area contributed by atoms with Gasteiger partial charge in [0.05, 0.1) is 0 Å². The number of unbranched alkanes of at least 4 members (excludes halogenated alkanes) is 2. The molecule has 0 aliphatic rings. The fourth-order valence-electron chi connectivity index (χ4n) is 2.10. The van der Waals surface area contributed by atoms with Crippen LogP contribution in [0.2, 0.25) is 0 Å². The molecule has 3 N–H and O–H groups in total. The van der Waals surface area contributed by atoms with E-state index in [0.29, 0.717) is 39.3 Å². The van der Waals surface area contributed by atoms with Crippen LogP contribution in [0.5, 0.6) is 0 Å². The number of nitrogens with zero attached hydrogens (tertiary/aromatic N) is 1. The first-order chi connectivity index (χ1) is 13.0. The van der Waals surface area contributed by atoms with Gasteiger partial charge in [0.1, 0.15) is 13.2 Å². The SMILES string of the molecule is CCCCNC(=O)OCCN(CCNC(C)=O)CCOC(=O)NCCCC.Cl. The van der Waals surface area contributed by atoms with Crippen molar-refractivity contribution >= 4 is 30.5 Å². The van der Waals surface area contributed by atoms with Crippen molar-refractivity contribution in [3.8, 4) is 0 Å². The Balaban J connectivity index is 0. The molecule has 0 unspecified atom stereocenters. The topological polar surface area (TPSA) is 109 Å². The third-order valence-electron chi connectivity index (χ3n) is 3.68. The monoisotopic (exact) mass is 424 g/mol. The number of rotatable bonds is 15. The molecule has 0 saturated heterocycles. The molecule has 0 rings (SSSR count). The fourth-order valence-corrected chi connectivity index (χ4v) is 2.10. The molecule has 0 fully saturated rings. The van der Waals surface area contributed by atoms with Gasteiger partial charge in [-0.2, -0.15) is 0 Å². The number of carbonyl (C=O) groups excluding carboxylic acids is 3. The summed E-state index contributed by atoms with van der Waals surface area (Å²) in [6.45, 7) is 9.22. The number of hydrogen-bond acceptors (Lipinski definition) is 6. The smallest absolute Gasteiger partial charge is 0.407 e. The van der Waals surface area contributed by atoms with Gasteiger partial charge in [0.2, 0.25) is 5.91 Å². The highest BCUT2D eigenvalue weighted by molar-refractivity contribution is 5.85. The first kappa shape index (κ1) is 28.5.